The van der Waals surface area contributed by atoms with Crippen molar-refractivity contribution in [3.63, 3.8) is 0 Å². The molecule has 0 fully saturated rings. The highest BCUT2D eigenvalue weighted by Gasteiger charge is 2.10. The normalized spacial score (nSPS) is 12.5. The molecule has 1 atom stereocenters. The van der Waals surface area contributed by atoms with Crippen LogP contribution in [-0.2, 0) is 0 Å². The van der Waals surface area contributed by atoms with E-state index < -0.39 is 5.82 Å². The minimum Gasteiger partial charge on any atom is -0.488 e. The first-order valence-corrected chi connectivity index (χ1v) is 6.73. The van der Waals surface area contributed by atoms with Crippen LogP contribution in [0.15, 0.2) is 16.6 Å². The zero-order chi connectivity index (χ0) is 12.8. The minimum atomic E-state index is -0.474. The fourth-order valence-corrected chi connectivity index (χ4v) is 2.07. The van der Waals surface area contributed by atoms with Crippen LogP contribution in [0.1, 0.15) is 20.3 Å². The Hall–Kier alpha value is -0.320. The number of halogens is 3. The molecule has 0 saturated heterocycles. The van der Waals surface area contributed by atoms with E-state index in [1.165, 1.54) is 12.1 Å². The third-order valence-electron chi connectivity index (χ3n) is 2.16. The number of hydrogen-bond donors (Lipinski definition) is 1. The van der Waals surface area contributed by atoms with Gasteiger partial charge in [0, 0.05) is 12.6 Å². The van der Waals surface area contributed by atoms with E-state index >= 15 is 0 Å². The Kier molecular flexibility index (Phi) is 6.23. The molecule has 0 amide bonds. The van der Waals surface area contributed by atoms with Gasteiger partial charge in [-0.25, -0.2) is 4.39 Å². The third kappa shape index (κ3) is 4.82. The molecule has 0 heterocycles. The monoisotopic (exact) mass is 323 g/mol. The lowest BCUT2D eigenvalue weighted by Crippen LogP contribution is -2.29. The number of hydrogen-bond acceptors (Lipinski definition) is 2. The van der Waals surface area contributed by atoms with Crippen LogP contribution in [0.25, 0.3) is 0 Å². The summed E-state index contributed by atoms with van der Waals surface area (Å²) in [6.07, 6.45) is 1.05. The molecule has 0 aromatic heterocycles. The molecule has 2 nitrogen and oxygen atoms in total. The van der Waals surface area contributed by atoms with Gasteiger partial charge < -0.3 is 10.1 Å². The van der Waals surface area contributed by atoms with Crippen molar-refractivity contribution in [1.82, 2.24) is 5.32 Å². The van der Waals surface area contributed by atoms with Gasteiger partial charge >= 0.3 is 0 Å². The molecule has 17 heavy (non-hydrogen) atoms. The molecule has 1 aromatic carbocycles. The summed E-state index contributed by atoms with van der Waals surface area (Å²) in [6.45, 7) is 5.71. The predicted molar refractivity (Wildman–Crippen MR) is 72.4 cm³/mol. The number of ether oxygens (including phenoxy) is 1. The van der Waals surface area contributed by atoms with Gasteiger partial charge in [-0.05, 0) is 41.9 Å². The zero-order valence-corrected chi connectivity index (χ0v) is 12.2. The molecule has 96 valence electrons. The maximum absolute atomic E-state index is 13.3. The summed E-state index contributed by atoms with van der Waals surface area (Å²) < 4.78 is 19.5. The summed E-state index contributed by atoms with van der Waals surface area (Å²) in [5, 5.41) is 3.32. The Morgan fingerprint density at radius 2 is 2.24 bits per heavy atom. The molecule has 0 bridgehead atoms. The van der Waals surface area contributed by atoms with Crippen molar-refractivity contribution < 1.29 is 9.13 Å². The van der Waals surface area contributed by atoms with Crippen molar-refractivity contribution in [2.24, 2.45) is 0 Å². The largest absolute Gasteiger partial charge is 0.488 e. The van der Waals surface area contributed by atoms with Crippen molar-refractivity contribution in [2.75, 3.05) is 13.1 Å². The van der Waals surface area contributed by atoms with Gasteiger partial charge in [0.25, 0.3) is 0 Å². The van der Waals surface area contributed by atoms with E-state index in [4.69, 9.17) is 16.3 Å². The average molecular weight is 325 g/mol. The Morgan fingerprint density at radius 3 is 2.88 bits per heavy atom. The summed E-state index contributed by atoms with van der Waals surface area (Å²) >= 11 is 8.95. The highest BCUT2D eigenvalue weighted by Crippen LogP contribution is 2.31. The summed E-state index contributed by atoms with van der Waals surface area (Å²) in [7, 11) is 0. The van der Waals surface area contributed by atoms with Crippen LogP contribution < -0.4 is 10.1 Å². The summed E-state index contributed by atoms with van der Waals surface area (Å²) in [4.78, 5) is 0. The van der Waals surface area contributed by atoms with Gasteiger partial charge in [-0.15, -0.1) is 0 Å². The van der Waals surface area contributed by atoms with Crippen LogP contribution in [0.2, 0.25) is 5.02 Å². The molecule has 5 heteroatoms. The van der Waals surface area contributed by atoms with E-state index in [9.17, 15) is 4.39 Å². The minimum absolute atomic E-state index is 0.0292. The van der Waals surface area contributed by atoms with Crippen LogP contribution in [0.3, 0.4) is 0 Å². The highest BCUT2D eigenvalue weighted by atomic mass is 79.9. The van der Waals surface area contributed by atoms with Gasteiger partial charge in [0.15, 0.2) is 0 Å². The van der Waals surface area contributed by atoms with Crippen molar-refractivity contribution in [2.45, 2.75) is 26.4 Å². The molecule has 0 aliphatic heterocycles. The first-order valence-electron chi connectivity index (χ1n) is 5.56. The quantitative estimate of drug-likeness (QED) is 0.630. The van der Waals surface area contributed by atoms with Gasteiger partial charge in [-0.1, -0.05) is 18.5 Å². The summed E-state index contributed by atoms with van der Waals surface area (Å²) in [5.74, 6) is -0.00344. The standard InChI is InChI=1S/C12H16BrClFNO/c1-3-4-16-7-8(2)17-12-6-11(15)10(14)5-9(12)13/h5-6,8,16H,3-4,7H2,1-2H3. The number of rotatable bonds is 6. The fraction of sp³-hybridized carbons (Fsp3) is 0.500. The SMILES string of the molecule is CCCNCC(C)Oc1cc(F)c(Cl)cc1Br. The Morgan fingerprint density at radius 1 is 1.53 bits per heavy atom. The van der Waals surface area contributed by atoms with Gasteiger partial charge in [0.05, 0.1) is 9.50 Å². The van der Waals surface area contributed by atoms with Gasteiger partial charge in [0.2, 0.25) is 0 Å². The fourth-order valence-electron chi connectivity index (χ4n) is 1.34. The lowest BCUT2D eigenvalue weighted by atomic mass is 10.3. The van der Waals surface area contributed by atoms with Crippen molar-refractivity contribution in [1.29, 1.82) is 0 Å². The summed E-state index contributed by atoms with van der Waals surface area (Å²) in [6, 6.07) is 2.79. The average Bonchev–Trinajstić information content (AvgIpc) is 2.26. The lowest BCUT2D eigenvalue weighted by molar-refractivity contribution is 0.215. The molecule has 0 aliphatic carbocycles. The Balaban J connectivity index is 2.58. The van der Waals surface area contributed by atoms with E-state index in [2.05, 4.69) is 28.2 Å². The topological polar surface area (TPSA) is 21.3 Å². The molecule has 0 aliphatic rings. The molecule has 1 N–H and O–H groups in total. The van der Waals surface area contributed by atoms with Crippen LogP contribution in [0.5, 0.6) is 5.75 Å². The molecular formula is C12H16BrClFNO. The second-order valence-corrected chi connectivity index (χ2v) is 5.09. The Labute approximate surface area is 115 Å². The summed E-state index contributed by atoms with van der Waals surface area (Å²) in [5.41, 5.74) is 0. The van der Waals surface area contributed by atoms with E-state index in [0.717, 1.165) is 19.5 Å². The van der Waals surface area contributed by atoms with E-state index in [-0.39, 0.29) is 11.1 Å². The first kappa shape index (κ1) is 14.7. The van der Waals surface area contributed by atoms with Crippen LogP contribution in [0.4, 0.5) is 4.39 Å². The second-order valence-electron chi connectivity index (χ2n) is 3.83. The third-order valence-corrected chi connectivity index (χ3v) is 3.07. The molecule has 0 spiro atoms. The lowest BCUT2D eigenvalue weighted by Gasteiger charge is -2.16. The van der Waals surface area contributed by atoms with E-state index in [0.29, 0.717) is 10.2 Å². The van der Waals surface area contributed by atoms with Crippen molar-refractivity contribution in [3.8, 4) is 5.75 Å². The molecule has 1 rings (SSSR count). The van der Waals surface area contributed by atoms with E-state index in [1.807, 2.05) is 6.92 Å². The van der Waals surface area contributed by atoms with Crippen molar-refractivity contribution >= 4 is 27.5 Å². The molecule has 0 saturated carbocycles. The zero-order valence-electron chi connectivity index (χ0n) is 9.90. The van der Waals surface area contributed by atoms with Crippen LogP contribution >= 0.6 is 27.5 Å². The van der Waals surface area contributed by atoms with Gasteiger partial charge in [-0.3, -0.25) is 0 Å². The Bertz CT molecular complexity index is 376. The number of benzene rings is 1. The molecule has 0 radical (unpaired) electrons. The van der Waals surface area contributed by atoms with Crippen LogP contribution in [-0.4, -0.2) is 19.2 Å². The maximum Gasteiger partial charge on any atom is 0.145 e. The van der Waals surface area contributed by atoms with Gasteiger partial charge in [-0.2, -0.15) is 0 Å². The predicted octanol–water partition coefficient (Wildman–Crippen LogP) is 4.01. The number of nitrogens with one attached hydrogen (secondary N) is 1. The first-order chi connectivity index (χ1) is 8.04. The van der Waals surface area contributed by atoms with Crippen LogP contribution in [0, 0.1) is 5.82 Å². The molecular weight excluding hydrogens is 308 g/mol. The maximum atomic E-state index is 13.3. The molecule has 1 unspecified atom stereocenters. The smallest absolute Gasteiger partial charge is 0.145 e. The van der Waals surface area contributed by atoms with Crippen molar-refractivity contribution in [3.05, 3.63) is 27.4 Å². The van der Waals surface area contributed by atoms with Gasteiger partial charge in [0.1, 0.15) is 17.7 Å². The highest BCUT2D eigenvalue weighted by molar-refractivity contribution is 9.10. The molecule has 1 aromatic rings. The van der Waals surface area contributed by atoms with E-state index in [1.54, 1.807) is 0 Å². The second kappa shape index (κ2) is 7.19.